The zero-order valence-electron chi connectivity index (χ0n) is 16.8. The zero-order chi connectivity index (χ0) is 20.6. The highest BCUT2D eigenvalue weighted by Gasteiger charge is 2.16. The molecule has 6 heterocycles. The second-order valence-electron chi connectivity index (χ2n) is 7.79. The topological polar surface area (TPSA) is 104 Å². The van der Waals surface area contributed by atoms with Crippen LogP contribution in [0.4, 0.5) is 0 Å². The molecule has 0 saturated carbocycles. The lowest BCUT2D eigenvalue weighted by molar-refractivity contribution is 0.162. The van der Waals surface area contributed by atoms with Crippen molar-refractivity contribution >= 4 is 21.9 Å². The summed E-state index contributed by atoms with van der Waals surface area (Å²) < 4.78 is 6.16. The molecule has 31 heavy (non-hydrogen) atoms. The summed E-state index contributed by atoms with van der Waals surface area (Å²) in [6.07, 6.45) is 9.44. The maximum atomic E-state index is 6.16. The standard InChI is InChI=1S/C23H21N7O/c1-2-20-22(23(30-29-20)21-10-15-11-25-8-5-19(15)27-21)28-18(1)14-9-17(13-26-12-14)31-16-3-6-24-7-4-16/h1-2,5,8-13,16,24,27H,3-4,6-7H2,(H,29,30). The average molecular weight is 411 g/mol. The summed E-state index contributed by atoms with van der Waals surface area (Å²) >= 11 is 0. The Balaban J connectivity index is 1.36. The number of ether oxygens (including phenoxy) is 1. The molecule has 1 fully saturated rings. The van der Waals surface area contributed by atoms with Crippen LogP contribution in [0, 0.1) is 0 Å². The number of aromatic nitrogens is 6. The van der Waals surface area contributed by atoms with Crippen LogP contribution in [0.3, 0.4) is 0 Å². The number of piperidine rings is 1. The molecule has 0 amide bonds. The van der Waals surface area contributed by atoms with Gasteiger partial charge in [-0.15, -0.1) is 0 Å². The number of pyridine rings is 3. The molecule has 6 rings (SSSR count). The lowest BCUT2D eigenvalue weighted by Crippen LogP contribution is -2.34. The molecule has 8 nitrogen and oxygen atoms in total. The van der Waals surface area contributed by atoms with Gasteiger partial charge >= 0.3 is 0 Å². The molecule has 1 aliphatic heterocycles. The van der Waals surface area contributed by atoms with Gasteiger partial charge < -0.3 is 15.0 Å². The number of nitrogens with zero attached hydrogens (tertiary/aromatic N) is 4. The highest BCUT2D eigenvalue weighted by Crippen LogP contribution is 2.30. The fourth-order valence-corrected chi connectivity index (χ4v) is 4.08. The first-order valence-corrected chi connectivity index (χ1v) is 10.4. The molecule has 0 unspecified atom stereocenters. The minimum absolute atomic E-state index is 0.228. The predicted molar refractivity (Wildman–Crippen MR) is 119 cm³/mol. The molecule has 0 bridgehead atoms. The Labute approximate surface area is 178 Å². The SMILES string of the molecule is c1cc2[nH]c(-c3n[nH]c4ccc(-c5cncc(OC6CCNCC6)c5)nc34)cc2cn1. The van der Waals surface area contributed by atoms with E-state index in [0.717, 1.165) is 76.3 Å². The van der Waals surface area contributed by atoms with Gasteiger partial charge in [0.15, 0.2) is 0 Å². The lowest BCUT2D eigenvalue weighted by atomic mass is 10.1. The molecule has 0 atom stereocenters. The summed E-state index contributed by atoms with van der Waals surface area (Å²) in [5.74, 6) is 0.779. The van der Waals surface area contributed by atoms with Gasteiger partial charge in [-0.2, -0.15) is 5.10 Å². The van der Waals surface area contributed by atoms with E-state index in [-0.39, 0.29) is 6.10 Å². The molecule has 3 N–H and O–H groups in total. The van der Waals surface area contributed by atoms with E-state index in [9.17, 15) is 0 Å². The van der Waals surface area contributed by atoms with Gasteiger partial charge in [0.05, 0.1) is 23.1 Å². The second-order valence-corrected chi connectivity index (χ2v) is 7.79. The number of hydrogen-bond acceptors (Lipinski definition) is 6. The van der Waals surface area contributed by atoms with E-state index in [1.165, 1.54) is 0 Å². The largest absolute Gasteiger partial charge is 0.489 e. The predicted octanol–water partition coefficient (Wildman–Crippen LogP) is 3.69. The summed E-state index contributed by atoms with van der Waals surface area (Å²) in [6, 6.07) is 9.98. The third-order valence-corrected chi connectivity index (χ3v) is 5.68. The highest BCUT2D eigenvalue weighted by molar-refractivity contribution is 5.94. The van der Waals surface area contributed by atoms with Gasteiger partial charge in [0.1, 0.15) is 23.1 Å². The van der Waals surface area contributed by atoms with Crippen molar-refractivity contribution in [2.45, 2.75) is 18.9 Å². The van der Waals surface area contributed by atoms with Crippen LogP contribution in [-0.4, -0.2) is 49.3 Å². The van der Waals surface area contributed by atoms with Crippen molar-refractivity contribution in [1.82, 2.24) is 35.5 Å². The van der Waals surface area contributed by atoms with Gasteiger partial charge in [0, 0.05) is 35.1 Å². The average Bonchev–Trinajstić information content (AvgIpc) is 3.43. The van der Waals surface area contributed by atoms with Gasteiger partial charge in [0.25, 0.3) is 0 Å². The molecule has 5 aromatic rings. The van der Waals surface area contributed by atoms with E-state index in [4.69, 9.17) is 9.72 Å². The van der Waals surface area contributed by atoms with Crippen molar-refractivity contribution in [1.29, 1.82) is 0 Å². The zero-order valence-corrected chi connectivity index (χ0v) is 16.8. The Kier molecular flexibility index (Phi) is 4.35. The third kappa shape index (κ3) is 3.40. The van der Waals surface area contributed by atoms with Crippen LogP contribution < -0.4 is 10.1 Å². The minimum atomic E-state index is 0.228. The monoisotopic (exact) mass is 411 g/mol. The Bertz CT molecular complexity index is 1330. The maximum Gasteiger partial charge on any atom is 0.138 e. The van der Waals surface area contributed by atoms with Gasteiger partial charge in [0.2, 0.25) is 0 Å². The summed E-state index contributed by atoms with van der Waals surface area (Å²) in [5, 5.41) is 12.0. The van der Waals surface area contributed by atoms with E-state index in [1.807, 2.05) is 42.7 Å². The number of fused-ring (bicyclic) bond motifs is 2. The van der Waals surface area contributed by atoms with E-state index >= 15 is 0 Å². The van der Waals surface area contributed by atoms with Crippen molar-refractivity contribution in [3.05, 3.63) is 55.1 Å². The molecule has 1 aliphatic rings. The quantitative estimate of drug-likeness (QED) is 0.417. The molecule has 154 valence electrons. The summed E-state index contributed by atoms with van der Waals surface area (Å²) in [4.78, 5) is 16.9. The Morgan fingerprint density at radius 2 is 1.87 bits per heavy atom. The first-order valence-electron chi connectivity index (χ1n) is 10.4. The molecule has 0 radical (unpaired) electrons. The van der Waals surface area contributed by atoms with Gasteiger partial charge in [-0.05, 0) is 56.3 Å². The summed E-state index contributed by atoms with van der Waals surface area (Å²) in [5.41, 5.74) is 6.14. The Morgan fingerprint density at radius 3 is 2.77 bits per heavy atom. The summed E-state index contributed by atoms with van der Waals surface area (Å²) in [7, 11) is 0. The van der Waals surface area contributed by atoms with Crippen molar-refractivity contribution in [3.8, 4) is 28.4 Å². The van der Waals surface area contributed by atoms with Gasteiger partial charge in [-0.25, -0.2) is 4.98 Å². The molecule has 0 spiro atoms. The molecule has 5 aromatic heterocycles. The first kappa shape index (κ1) is 18.0. The molecular weight excluding hydrogens is 390 g/mol. The van der Waals surface area contributed by atoms with Gasteiger partial charge in [-0.1, -0.05) is 0 Å². The van der Waals surface area contributed by atoms with Crippen LogP contribution in [0.5, 0.6) is 5.75 Å². The van der Waals surface area contributed by atoms with Crippen molar-refractivity contribution in [2.75, 3.05) is 13.1 Å². The van der Waals surface area contributed by atoms with Gasteiger partial charge in [-0.3, -0.25) is 15.1 Å². The fourth-order valence-electron chi connectivity index (χ4n) is 4.08. The Hall–Kier alpha value is -3.78. The van der Waals surface area contributed by atoms with Crippen LogP contribution in [0.1, 0.15) is 12.8 Å². The highest BCUT2D eigenvalue weighted by atomic mass is 16.5. The van der Waals surface area contributed by atoms with Crippen LogP contribution in [0.15, 0.2) is 55.1 Å². The van der Waals surface area contributed by atoms with E-state index in [1.54, 1.807) is 12.4 Å². The molecule has 0 aliphatic carbocycles. The second kappa shape index (κ2) is 7.48. The smallest absolute Gasteiger partial charge is 0.138 e. The van der Waals surface area contributed by atoms with Crippen LogP contribution in [0.25, 0.3) is 44.6 Å². The Morgan fingerprint density at radius 1 is 0.935 bits per heavy atom. The van der Waals surface area contributed by atoms with E-state index < -0.39 is 0 Å². The fraction of sp³-hybridized carbons (Fsp3) is 0.217. The number of hydrogen-bond donors (Lipinski definition) is 3. The molecular formula is C23H21N7O. The lowest BCUT2D eigenvalue weighted by Gasteiger charge is -2.23. The van der Waals surface area contributed by atoms with Crippen molar-refractivity contribution < 1.29 is 4.74 Å². The maximum absolute atomic E-state index is 6.16. The number of aromatic amines is 2. The minimum Gasteiger partial charge on any atom is -0.489 e. The van der Waals surface area contributed by atoms with E-state index in [0.29, 0.717) is 0 Å². The first-order chi connectivity index (χ1) is 15.3. The van der Waals surface area contributed by atoms with Crippen molar-refractivity contribution in [3.63, 3.8) is 0 Å². The number of nitrogens with one attached hydrogen (secondary N) is 3. The third-order valence-electron chi connectivity index (χ3n) is 5.68. The summed E-state index contributed by atoms with van der Waals surface area (Å²) in [6.45, 7) is 1.98. The number of H-pyrrole nitrogens is 2. The normalized spacial score (nSPS) is 15.0. The molecule has 0 aromatic carbocycles. The van der Waals surface area contributed by atoms with E-state index in [2.05, 4.69) is 30.5 Å². The number of rotatable bonds is 4. The molecule has 1 saturated heterocycles. The van der Waals surface area contributed by atoms with Crippen LogP contribution >= 0.6 is 0 Å². The van der Waals surface area contributed by atoms with Crippen LogP contribution in [-0.2, 0) is 0 Å². The van der Waals surface area contributed by atoms with Crippen LogP contribution in [0.2, 0.25) is 0 Å². The molecule has 8 heteroatoms. The van der Waals surface area contributed by atoms with Crippen molar-refractivity contribution in [2.24, 2.45) is 0 Å².